The quantitative estimate of drug-likeness (QED) is 0.683. The number of carbonyl (C=O) groups excluding carboxylic acids is 2. The number of aromatic nitrogens is 2. The zero-order chi connectivity index (χ0) is 19.1. The van der Waals surface area contributed by atoms with E-state index in [2.05, 4.69) is 10.6 Å². The second kappa shape index (κ2) is 8.61. The van der Waals surface area contributed by atoms with Crippen LogP contribution in [0.1, 0.15) is 11.3 Å². The Hall–Kier alpha value is -3.42. The summed E-state index contributed by atoms with van der Waals surface area (Å²) < 4.78 is 2.26. The lowest BCUT2D eigenvalue weighted by Crippen LogP contribution is -2.41. The third-order valence-corrected chi connectivity index (χ3v) is 3.74. The van der Waals surface area contributed by atoms with Crippen LogP contribution in [0.5, 0.6) is 0 Å². The second-order valence-electron chi connectivity index (χ2n) is 5.61. The van der Waals surface area contributed by atoms with E-state index in [1.54, 1.807) is 6.08 Å². The predicted molar refractivity (Wildman–Crippen MR) is 97.3 cm³/mol. The standard InChI is InChI=1S/C18H20N4O4/c1-21-14(10-17(25)22(2)18(21)26)11-19-16(24)12-20-15(23)9-8-13-6-4-3-5-7-13/h3-10H,11-12H2,1-2H3,(H,19,24)(H,20,23)/b9-8+. The van der Waals surface area contributed by atoms with Crippen LogP contribution in [0.25, 0.3) is 6.08 Å². The molecule has 0 aliphatic carbocycles. The van der Waals surface area contributed by atoms with Gasteiger partial charge in [-0.1, -0.05) is 30.3 Å². The Balaban J connectivity index is 1.84. The van der Waals surface area contributed by atoms with Crippen LogP contribution in [0.3, 0.4) is 0 Å². The van der Waals surface area contributed by atoms with Gasteiger partial charge in [0.2, 0.25) is 11.8 Å². The number of hydrogen-bond acceptors (Lipinski definition) is 4. The number of amides is 2. The van der Waals surface area contributed by atoms with E-state index in [1.807, 2.05) is 30.3 Å². The zero-order valence-electron chi connectivity index (χ0n) is 14.6. The Morgan fingerprint density at radius 3 is 2.42 bits per heavy atom. The summed E-state index contributed by atoms with van der Waals surface area (Å²) in [7, 11) is 2.89. The van der Waals surface area contributed by atoms with Crippen molar-refractivity contribution < 1.29 is 9.59 Å². The molecule has 0 radical (unpaired) electrons. The molecule has 0 atom stereocenters. The Morgan fingerprint density at radius 2 is 1.73 bits per heavy atom. The molecule has 1 heterocycles. The molecule has 0 bridgehead atoms. The van der Waals surface area contributed by atoms with Crippen LogP contribution < -0.4 is 21.9 Å². The highest BCUT2D eigenvalue weighted by Gasteiger charge is 2.08. The van der Waals surface area contributed by atoms with E-state index in [0.717, 1.165) is 10.1 Å². The number of nitrogens with zero attached hydrogens (tertiary/aromatic N) is 2. The summed E-state index contributed by atoms with van der Waals surface area (Å²) in [5, 5.41) is 5.02. The minimum Gasteiger partial charge on any atom is -0.349 e. The third-order valence-electron chi connectivity index (χ3n) is 3.74. The third kappa shape index (κ3) is 5.04. The molecule has 2 rings (SSSR count). The van der Waals surface area contributed by atoms with Crippen molar-refractivity contribution in [1.29, 1.82) is 0 Å². The average molecular weight is 356 g/mol. The molecule has 1 aromatic carbocycles. The summed E-state index contributed by atoms with van der Waals surface area (Å²) in [4.78, 5) is 47.0. The lowest BCUT2D eigenvalue weighted by molar-refractivity contribution is -0.124. The normalized spacial score (nSPS) is 10.7. The molecule has 0 fully saturated rings. The van der Waals surface area contributed by atoms with Gasteiger partial charge in [0.05, 0.1) is 13.1 Å². The van der Waals surface area contributed by atoms with Gasteiger partial charge in [0.15, 0.2) is 0 Å². The van der Waals surface area contributed by atoms with Crippen LogP contribution in [0, 0.1) is 0 Å². The maximum Gasteiger partial charge on any atom is 0.330 e. The van der Waals surface area contributed by atoms with Gasteiger partial charge >= 0.3 is 5.69 Å². The monoisotopic (exact) mass is 356 g/mol. The zero-order valence-corrected chi connectivity index (χ0v) is 14.6. The fourth-order valence-corrected chi connectivity index (χ4v) is 2.16. The number of carbonyl (C=O) groups is 2. The largest absolute Gasteiger partial charge is 0.349 e. The topological polar surface area (TPSA) is 102 Å². The van der Waals surface area contributed by atoms with Crippen molar-refractivity contribution in [1.82, 2.24) is 19.8 Å². The van der Waals surface area contributed by atoms with E-state index in [-0.39, 0.29) is 13.1 Å². The van der Waals surface area contributed by atoms with Gasteiger partial charge in [-0.3, -0.25) is 23.5 Å². The van der Waals surface area contributed by atoms with Crippen molar-refractivity contribution in [3.8, 4) is 0 Å². The fourth-order valence-electron chi connectivity index (χ4n) is 2.16. The van der Waals surface area contributed by atoms with Gasteiger partial charge in [-0.2, -0.15) is 0 Å². The van der Waals surface area contributed by atoms with Crippen molar-refractivity contribution in [2.75, 3.05) is 6.54 Å². The maximum atomic E-state index is 11.8. The smallest absolute Gasteiger partial charge is 0.330 e. The van der Waals surface area contributed by atoms with Gasteiger partial charge in [0.25, 0.3) is 5.56 Å². The molecule has 8 nitrogen and oxygen atoms in total. The van der Waals surface area contributed by atoms with E-state index in [0.29, 0.717) is 5.69 Å². The molecule has 8 heteroatoms. The highest BCUT2D eigenvalue weighted by Crippen LogP contribution is 2.00. The number of nitrogens with one attached hydrogen (secondary N) is 2. The maximum absolute atomic E-state index is 11.8. The van der Waals surface area contributed by atoms with Gasteiger partial charge in [0.1, 0.15) is 0 Å². The van der Waals surface area contributed by atoms with Gasteiger partial charge < -0.3 is 10.6 Å². The highest BCUT2D eigenvalue weighted by molar-refractivity contribution is 5.94. The Kier molecular flexibility index (Phi) is 6.26. The first kappa shape index (κ1) is 18.9. The number of rotatable bonds is 6. The number of hydrogen-bond donors (Lipinski definition) is 2. The Labute approximate surface area is 149 Å². The molecule has 2 N–H and O–H groups in total. The summed E-state index contributed by atoms with van der Waals surface area (Å²) in [5.74, 6) is -0.829. The van der Waals surface area contributed by atoms with Crippen molar-refractivity contribution in [2.24, 2.45) is 14.1 Å². The summed E-state index contributed by atoms with van der Waals surface area (Å²) in [6, 6.07) is 10.6. The Bertz CT molecular complexity index is 942. The van der Waals surface area contributed by atoms with E-state index in [9.17, 15) is 19.2 Å². The first-order valence-electron chi connectivity index (χ1n) is 7.92. The van der Waals surface area contributed by atoms with Crippen LogP contribution >= 0.6 is 0 Å². The van der Waals surface area contributed by atoms with Crippen LogP contribution in [-0.2, 0) is 30.2 Å². The van der Waals surface area contributed by atoms with Gasteiger partial charge in [-0.15, -0.1) is 0 Å². The molecule has 26 heavy (non-hydrogen) atoms. The SMILES string of the molecule is Cn1c(CNC(=O)CNC(=O)/C=C/c2ccccc2)cc(=O)n(C)c1=O. The minimum absolute atomic E-state index is 0.0103. The number of benzene rings is 1. The van der Waals surface area contributed by atoms with Crippen molar-refractivity contribution in [2.45, 2.75) is 6.54 Å². The summed E-state index contributed by atoms with van der Waals surface area (Å²) in [6.45, 7) is -0.201. The molecule has 0 unspecified atom stereocenters. The average Bonchev–Trinajstić information content (AvgIpc) is 2.65. The molecule has 136 valence electrons. The molecule has 0 aliphatic heterocycles. The van der Waals surface area contributed by atoms with Crippen LogP contribution in [0.2, 0.25) is 0 Å². The molecular formula is C18H20N4O4. The van der Waals surface area contributed by atoms with Gasteiger partial charge in [-0.25, -0.2) is 4.79 Å². The van der Waals surface area contributed by atoms with Crippen molar-refractivity contribution in [3.63, 3.8) is 0 Å². The van der Waals surface area contributed by atoms with Crippen LogP contribution in [0.15, 0.2) is 52.1 Å². The lowest BCUT2D eigenvalue weighted by atomic mass is 10.2. The summed E-state index contributed by atoms with van der Waals surface area (Å²) in [5.41, 5.74) is 0.332. The minimum atomic E-state index is -0.471. The van der Waals surface area contributed by atoms with E-state index in [1.165, 1.54) is 30.8 Å². The molecule has 0 saturated heterocycles. The molecule has 0 saturated carbocycles. The molecule has 2 amide bonds. The Morgan fingerprint density at radius 1 is 1.04 bits per heavy atom. The van der Waals surface area contributed by atoms with E-state index >= 15 is 0 Å². The summed E-state index contributed by atoms with van der Waals surface area (Å²) >= 11 is 0. The van der Waals surface area contributed by atoms with Crippen LogP contribution in [0.4, 0.5) is 0 Å². The fraction of sp³-hybridized carbons (Fsp3) is 0.222. The van der Waals surface area contributed by atoms with Crippen molar-refractivity contribution in [3.05, 3.63) is 74.6 Å². The molecule has 0 spiro atoms. The predicted octanol–water partition coefficient (Wildman–Crippen LogP) is -0.470. The van der Waals surface area contributed by atoms with Crippen molar-refractivity contribution >= 4 is 17.9 Å². The first-order chi connectivity index (χ1) is 12.4. The molecular weight excluding hydrogens is 336 g/mol. The lowest BCUT2D eigenvalue weighted by Gasteiger charge is -2.10. The second-order valence-corrected chi connectivity index (χ2v) is 5.61. The van der Waals surface area contributed by atoms with Crippen LogP contribution in [-0.4, -0.2) is 27.5 Å². The molecule has 2 aromatic rings. The van der Waals surface area contributed by atoms with Gasteiger partial charge in [0, 0.05) is 31.9 Å². The molecule has 0 aliphatic rings. The molecule has 1 aromatic heterocycles. The first-order valence-corrected chi connectivity index (χ1v) is 7.92. The van der Waals surface area contributed by atoms with E-state index in [4.69, 9.17) is 0 Å². The van der Waals surface area contributed by atoms with E-state index < -0.39 is 23.1 Å². The van der Waals surface area contributed by atoms with Gasteiger partial charge in [-0.05, 0) is 11.6 Å². The highest BCUT2D eigenvalue weighted by atomic mass is 16.2. The summed E-state index contributed by atoms with van der Waals surface area (Å²) in [6.07, 6.45) is 2.98.